The summed E-state index contributed by atoms with van der Waals surface area (Å²) in [5.41, 5.74) is 2.38. The lowest BCUT2D eigenvalue weighted by molar-refractivity contribution is 0.240. The van der Waals surface area contributed by atoms with Crippen molar-refractivity contribution in [2.24, 2.45) is 4.99 Å². The van der Waals surface area contributed by atoms with Gasteiger partial charge in [0.05, 0.1) is 27.0 Å². The molecule has 88 valence electrons. The summed E-state index contributed by atoms with van der Waals surface area (Å²) in [6, 6.07) is 3.32. The van der Waals surface area contributed by atoms with E-state index in [0.29, 0.717) is 22.9 Å². The van der Waals surface area contributed by atoms with Crippen LogP contribution in [0.3, 0.4) is 0 Å². The van der Waals surface area contributed by atoms with E-state index >= 15 is 0 Å². The van der Waals surface area contributed by atoms with Crippen LogP contribution in [0.5, 0.6) is 17.2 Å². The highest BCUT2D eigenvalue weighted by atomic mass is 16.5. The van der Waals surface area contributed by atoms with Crippen LogP contribution in [-0.4, -0.2) is 32.9 Å². The maximum Gasteiger partial charge on any atom is 0.203 e. The first-order chi connectivity index (χ1) is 7.76. The van der Waals surface area contributed by atoms with Crippen molar-refractivity contribution in [2.45, 2.75) is 0 Å². The van der Waals surface area contributed by atoms with Crippen molar-refractivity contribution in [1.82, 2.24) is 5.48 Å². The van der Waals surface area contributed by atoms with Crippen molar-refractivity contribution >= 4 is 12.0 Å². The van der Waals surface area contributed by atoms with Crippen LogP contribution < -0.4 is 19.7 Å². The van der Waals surface area contributed by atoms with Gasteiger partial charge in [0.1, 0.15) is 6.34 Å². The Balaban J connectivity index is 3.20. The molecule has 0 aromatic heterocycles. The lowest BCUT2D eigenvalue weighted by atomic mass is 10.2. The third-order valence-corrected chi connectivity index (χ3v) is 1.92. The number of hydroxylamine groups is 1. The van der Waals surface area contributed by atoms with Gasteiger partial charge in [0.2, 0.25) is 5.75 Å². The molecule has 1 aromatic rings. The number of hydrogen-bond donors (Lipinski definition) is 2. The number of ether oxygens (including phenoxy) is 3. The summed E-state index contributed by atoms with van der Waals surface area (Å²) in [5, 5.41) is 8.39. The lowest BCUT2D eigenvalue weighted by Crippen LogP contribution is -2.01. The number of nitrogens with one attached hydrogen (secondary N) is 1. The van der Waals surface area contributed by atoms with Gasteiger partial charge in [-0.1, -0.05) is 0 Å². The Bertz CT molecular complexity index is 354. The number of rotatable bonds is 5. The van der Waals surface area contributed by atoms with Crippen LogP contribution in [0.2, 0.25) is 0 Å². The third kappa shape index (κ3) is 2.54. The van der Waals surface area contributed by atoms with Crippen LogP contribution in [0.25, 0.3) is 0 Å². The summed E-state index contributed by atoms with van der Waals surface area (Å²) in [7, 11) is 4.57. The van der Waals surface area contributed by atoms with E-state index in [-0.39, 0.29) is 0 Å². The molecule has 0 bridgehead atoms. The molecule has 0 aliphatic heterocycles. The highest BCUT2D eigenvalue weighted by Gasteiger charge is 2.12. The summed E-state index contributed by atoms with van der Waals surface area (Å²) in [6.07, 6.45) is 1.14. The van der Waals surface area contributed by atoms with E-state index in [1.54, 1.807) is 12.1 Å². The molecule has 0 fully saturated rings. The Kier molecular flexibility index (Phi) is 4.41. The second kappa shape index (κ2) is 5.82. The van der Waals surface area contributed by atoms with Crippen LogP contribution in [0.4, 0.5) is 5.69 Å². The van der Waals surface area contributed by atoms with Crippen LogP contribution in [0, 0.1) is 0 Å². The lowest BCUT2D eigenvalue weighted by Gasteiger charge is -2.12. The minimum Gasteiger partial charge on any atom is -0.493 e. The normalized spacial score (nSPS) is 10.2. The molecule has 0 saturated heterocycles. The average molecular weight is 226 g/mol. The summed E-state index contributed by atoms with van der Waals surface area (Å²) < 4.78 is 15.4. The predicted octanol–water partition coefficient (Wildman–Crippen LogP) is 1.35. The van der Waals surface area contributed by atoms with Crippen molar-refractivity contribution in [1.29, 1.82) is 0 Å². The molecular formula is C10H14N2O4. The second-order valence-electron chi connectivity index (χ2n) is 2.77. The zero-order valence-electron chi connectivity index (χ0n) is 9.35. The number of benzene rings is 1. The van der Waals surface area contributed by atoms with Gasteiger partial charge in [-0.15, -0.1) is 0 Å². The molecule has 16 heavy (non-hydrogen) atoms. The fraction of sp³-hybridized carbons (Fsp3) is 0.300. The summed E-state index contributed by atoms with van der Waals surface area (Å²) in [4.78, 5) is 3.92. The van der Waals surface area contributed by atoms with E-state index in [1.807, 2.05) is 5.48 Å². The number of methoxy groups -OCH3 is 3. The molecule has 1 aromatic carbocycles. The van der Waals surface area contributed by atoms with Crippen molar-refractivity contribution in [2.75, 3.05) is 21.3 Å². The third-order valence-electron chi connectivity index (χ3n) is 1.92. The van der Waals surface area contributed by atoms with E-state index in [0.717, 1.165) is 6.34 Å². The molecule has 0 unspecified atom stereocenters. The maximum atomic E-state index is 8.39. The topological polar surface area (TPSA) is 72.3 Å². The molecule has 0 atom stereocenters. The molecular weight excluding hydrogens is 212 g/mol. The standard InChI is InChI=1S/C10H14N2O4/c1-14-8-4-7(11-6-12-13)5-9(15-2)10(8)16-3/h4-6,13H,1-3H3,(H,11,12). The molecule has 0 aliphatic rings. The van der Waals surface area contributed by atoms with E-state index in [9.17, 15) is 0 Å². The minimum absolute atomic E-state index is 0.501. The van der Waals surface area contributed by atoms with Gasteiger partial charge in [0, 0.05) is 12.1 Å². The molecule has 0 amide bonds. The summed E-state index contributed by atoms with van der Waals surface area (Å²) in [5.74, 6) is 1.51. The van der Waals surface area contributed by atoms with Gasteiger partial charge in [0.15, 0.2) is 11.5 Å². The number of nitrogens with zero attached hydrogens (tertiary/aromatic N) is 1. The van der Waals surface area contributed by atoms with Crippen LogP contribution in [0.15, 0.2) is 17.1 Å². The van der Waals surface area contributed by atoms with Crippen molar-refractivity contribution in [3.8, 4) is 17.2 Å². The zero-order valence-corrected chi connectivity index (χ0v) is 9.35. The smallest absolute Gasteiger partial charge is 0.203 e. The maximum absolute atomic E-state index is 8.39. The first-order valence-corrected chi connectivity index (χ1v) is 4.49. The molecule has 0 saturated carbocycles. The molecule has 0 spiro atoms. The first kappa shape index (κ1) is 12.1. The molecule has 0 heterocycles. The molecule has 6 heteroatoms. The van der Waals surface area contributed by atoms with E-state index in [4.69, 9.17) is 19.4 Å². The molecule has 2 N–H and O–H groups in total. The monoisotopic (exact) mass is 226 g/mol. The van der Waals surface area contributed by atoms with Crippen LogP contribution in [-0.2, 0) is 0 Å². The van der Waals surface area contributed by atoms with E-state index in [2.05, 4.69) is 4.99 Å². The second-order valence-corrected chi connectivity index (χ2v) is 2.77. The quantitative estimate of drug-likeness (QED) is 0.450. The fourth-order valence-corrected chi connectivity index (χ4v) is 1.25. The first-order valence-electron chi connectivity index (χ1n) is 4.49. The summed E-state index contributed by atoms with van der Waals surface area (Å²) >= 11 is 0. The molecule has 1 rings (SSSR count). The Morgan fingerprint density at radius 1 is 1.12 bits per heavy atom. The Labute approximate surface area is 93.4 Å². The van der Waals surface area contributed by atoms with Crippen LogP contribution >= 0.6 is 0 Å². The fourth-order valence-electron chi connectivity index (χ4n) is 1.25. The zero-order chi connectivity index (χ0) is 12.0. The van der Waals surface area contributed by atoms with Gasteiger partial charge < -0.3 is 14.2 Å². The van der Waals surface area contributed by atoms with Gasteiger partial charge in [0.25, 0.3) is 0 Å². The SMILES string of the molecule is COc1cc(N=CNO)cc(OC)c1OC. The predicted molar refractivity (Wildman–Crippen MR) is 59.2 cm³/mol. The highest BCUT2D eigenvalue weighted by Crippen LogP contribution is 2.40. The highest BCUT2D eigenvalue weighted by molar-refractivity contribution is 5.65. The van der Waals surface area contributed by atoms with E-state index in [1.165, 1.54) is 21.3 Å². The van der Waals surface area contributed by atoms with Gasteiger partial charge in [-0.05, 0) is 0 Å². The molecule has 0 radical (unpaired) electrons. The molecule has 6 nitrogen and oxygen atoms in total. The Hall–Kier alpha value is -1.95. The van der Waals surface area contributed by atoms with Gasteiger partial charge in [-0.3, -0.25) is 10.7 Å². The van der Waals surface area contributed by atoms with Gasteiger partial charge >= 0.3 is 0 Å². The van der Waals surface area contributed by atoms with Crippen molar-refractivity contribution in [3.05, 3.63) is 12.1 Å². The van der Waals surface area contributed by atoms with Crippen molar-refractivity contribution < 1.29 is 19.4 Å². The minimum atomic E-state index is 0.501. The van der Waals surface area contributed by atoms with E-state index < -0.39 is 0 Å². The van der Waals surface area contributed by atoms with Crippen molar-refractivity contribution in [3.63, 3.8) is 0 Å². The number of aliphatic imine (C=N–C) groups is 1. The van der Waals surface area contributed by atoms with Gasteiger partial charge in [-0.2, -0.15) is 0 Å². The Morgan fingerprint density at radius 3 is 2.06 bits per heavy atom. The largest absolute Gasteiger partial charge is 0.493 e. The summed E-state index contributed by atoms with van der Waals surface area (Å²) in [6.45, 7) is 0. The van der Waals surface area contributed by atoms with Gasteiger partial charge in [-0.25, -0.2) is 4.99 Å². The van der Waals surface area contributed by atoms with Crippen LogP contribution in [0.1, 0.15) is 0 Å². The Morgan fingerprint density at radius 2 is 1.69 bits per heavy atom. The average Bonchev–Trinajstić information content (AvgIpc) is 2.34. The molecule has 0 aliphatic carbocycles. The number of hydrogen-bond acceptors (Lipinski definition) is 5.